The van der Waals surface area contributed by atoms with Crippen LogP contribution in [0.3, 0.4) is 0 Å². The van der Waals surface area contributed by atoms with Crippen molar-refractivity contribution in [1.82, 2.24) is 0 Å². The highest BCUT2D eigenvalue weighted by atomic mass is 32.1. The molecule has 3 atom stereocenters. The van der Waals surface area contributed by atoms with Gasteiger partial charge < -0.3 is 5.73 Å². The maximum absolute atomic E-state index is 6.61. The molecule has 0 amide bonds. The van der Waals surface area contributed by atoms with E-state index in [1.807, 2.05) is 11.3 Å². The second-order valence-corrected chi connectivity index (χ2v) is 6.50. The molecule has 0 spiro atoms. The number of hydrogen-bond donors (Lipinski definition) is 1. The van der Waals surface area contributed by atoms with Gasteiger partial charge in [0, 0.05) is 10.4 Å². The molecule has 1 aromatic rings. The third kappa shape index (κ3) is 2.49. The fraction of sp³-hybridized carbons (Fsp3) is 0.714. The fourth-order valence-electron chi connectivity index (χ4n) is 2.96. The molecular weight excluding hydrogens is 214 g/mol. The van der Waals surface area contributed by atoms with Crippen LogP contribution in [0.1, 0.15) is 44.4 Å². The average Bonchev–Trinajstić information content (AvgIpc) is 2.76. The minimum Gasteiger partial charge on any atom is -0.325 e. The summed E-state index contributed by atoms with van der Waals surface area (Å²) in [6.45, 7) is 4.70. The summed E-state index contributed by atoms with van der Waals surface area (Å²) in [6.07, 6.45) is 6.19. The molecule has 1 nitrogen and oxygen atoms in total. The first-order chi connectivity index (χ1) is 7.62. The van der Waals surface area contributed by atoms with Crippen molar-refractivity contribution in [3.8, 4) is 0 Å². The Labute approximate surface area is 103 Å². The Morgan fingerprint density at radius 1 is 1.50 bits per heavy atom. The molecule has 1 fully saturated rings. The Bertz CT molecular complexity index is 319. The second-order valence-electron chi connectivity index (χ2n) is 5.47. The first-order valence-corrected chi connectivity index (χ1v) is 7.31. The van der Waals surface area contributed by atoms with E-state index in [2.05, 4.69) is 31.4 Å². The number of hydrogen-bond acceptors (Lipinski definition) is 2. The third-order valence-electron chi connectivity index (χ3n) is 4.48. The molecule has 2 rings (SSSR count). The van der Waals surface area contributed by atoms with Crippen molar-refractivity contribution < 1.29 is 0 Å². The predicted octanol–water partition coefficient (Wildman–Crippen LogP) is 3.83. The van der Waals surface area contributed by atoms with Gasteiger partial charge in [0.05, 0.1) is 0 Å². The minimum absolute atomic E-state index is 0.0850. The first-order valence-electron chi connectivity index (χ1n) is 6.43. The summed E-state index contributed by atoms with van der Waals surface area (Å²) in [5.74, 6) is 1.46. The lowest BCUT2D eigenvalue weighted by Crippen LogP contribution is -2.51. The maximum Gasteiger partial charge on any atom is 0.0186 e. The number of nitrogens with two attached hydrogens (primary N) is 1. The molecule has 0 saturated heterocycles. The summed E-state index contributed by atoms with van der Waals surface area (Å²) in [4.78, 5) is 1.48. The van der Waals surface area contributed by atoms with Crippen LogP contribution < -0.4 is 5.73 Å². The SMILES string of the molecule is CC1CCCC(N)(CCc2cccs2)C1C. The van der Waals surface area contributed by atoms with E-state index in [1.165, 1.54) is 24.1 Å². The second kappa shape index (κ2) is 4.89. The summed E-state index contributed by atoms with van der Waals surface area (Å²) in [6, 6.07) is 4.36. The Hall–Kier alpha value is -0.340. The van der Waals surface area contributed by atoms with Crippen molar-refractivity contribution in [2.24, 2.45) is 17.6 Å². The Balaban J connectivity index is 1.96. The number of rotatable bonds is 3. The quantitative estimate of drug-likeness (QED) is 0.849. The van der Waals surface area contributed by atoms with Gasteiger partial charge in [0.25, 0.3) is 0 Å². The van der Waals surface area contributed by atoms with E-state index in [1.54, 1.807) is 0 Å². The van der Waals surface area contributed by atoms with E-state index in [4.69, 9.17) is 5.73 Å². The molecule has 90 valence electrons. The van der Waals surface area contributed by atoms with Crippen LogP contribution in [0, 0.1) is 11.8 Å². The van der Waals surface area contributed by atoms with Gasteiger partial charge in [0.1, 0.15) is 0 Å². The average molecular weight is 237 g/mol. The van der Waals surface area contributed by atoms with E-state index < -0.39 is 0 Å². The van der Waals surface area contributed by atoms with Crippen LogP contribution in [-0.2, 0) is 6.42 Å². The number of aryl methyl sites for hydroxylation is 1. The maximum atomic E-state index is 6.61. The summed E-state index contributed by atoms with van der Waals surface area (Å²) in [5.41, 5.74) is 6.70. The van der Waals surface area contributed by atoms with E-state index in [9.17, 15) is 0 Å². The monoisotopic (exact) mass is 237 g/mol. The summed E-state index contributed by atoms with van der Waals surface area (Å²) < 4.78 is 0. The molecule has 1 aliphatic carbocycles. The molecule has 0 aliphatic heterocycles. The highest BCUT2D eigenvalue weighted by Gasteiger charge is 2.37. The van der Waals surface area contributed by atoms with Gasteiger partial charge in [-0.2, -0.15) is 0 Å². The molecule has 16 heavy (non-hydrogen) atoms. The molecule has 0 bridgehead atoms. The lowest BCUT2D eigenvalue weighted by Gasteiger charge is -2.43. The highest BCUT2D eigenvalue weighted by Crippen LogP contribution is 2.38. The van der Waals surface area contributed by atoms with Crippen LogP contribution in [0.15, 0.2) is 17.5 Å². The zero-order valence-electron chi connectivity index (χ0n) is 10.4. The van der Waals surface area contributed by atoms with E-state index in [-0.39, 0.29) is 5.54 Å². The lowest BCUT2D eigenvalue weighted by molar-refractivity contribution is 0.135. The summed E-state index contributed by atoms with van der Waals surface area (Å²) in [5, 5.41) is 2.16. The van der Waals surface area contributed by atoms with Gasteiger partial charge in [0.2, 0.25) is 0 Å². The van der Waals surface area contributed by atoms with Crippen molar-refractivity contribution in [3.63, 3.8) is 0 Å². The summed E-state index contributed by atoms with van der Waals surface area (Å²) in [7, 11) is 0. The van der Waals surface area contributed by atoms with Gasteiger partial charge in [-0.1, -0.05) is 32.8 Å². The van der Waals surface area contributed by atoms with Gasteiger partial charge in [-0.15, -0.1) is 11.3 Å². The van der Waals surface area contributed by atoms with Gasteiger partial charge in [-0.3, -0.25) is 0 Å². The normalized spacial score (nSPS) is 35.2. The van der Waals surface area contributed by atoms with Crippen LogP contribution in [0.5, 0.6) is 0 Å². The molecule has 0 radical (unpaired) electrons. The van der Waals surface area contributed by atoms with Gasteiger partial charge >= 0.3 is 0 Å². The Morgan fingerprint density at radius 3 is 3.00 bits per heavy atom. The van der Waals surface area contributed by atoms with Crippen molar-refractivity contribution in [2.45, 2.75) is 51.5 Å². The first kappa shape index (κ1) is 12.1. The molecule has 1 aliphatic rings. The molecule has 1 heterocycles. The highest BCUT2D eigenvalue weighted by molar-refractivity contribution is 7.09. The minimum atomic E-state index is 0.0850. The third-order valence-corrected chi connectivity index (χ3v) is 5.42. The number of thiophene rings is 1. The predicted molar refractivity (Wildman–Crippen MR) is 71.7 cm³/mol. The zero-order chi connectivity index (χ0) is 11.6. The lowest BCUT2D eigenvalue weighted by atomic mass is 9.67. The molecule has 1 aromatic heterocycles. The van der Waals surface area contributed by atoms with Crippen molar-refractivity contribution in [2.75, 3.05) is 0 Å². The van der Waals surface area contributed by atoms with Gasteiger partial charge in [-0.25, -0.2) is 0 Å². The fourth-order valence-corrected chi connectivity index (χ4v) is 3.67. The van der Waals surface area contributed by atoms with Crippen LogP contribution in [0.25, 0.3) is 0 Å². The molecule has 2 heteroatoms. The van der Waals surface area contributed by atoms with Crippen molar-refractivity contribution in [3.05, 3.63) is 22.4 Å². The van der Waals surface area contributed by atoms with E-state index in [0.29, 0.717) is 5.92 Å². The largest absolute Gasteiger partial charge is 0.325 e. The van der Waals surface area contributed by atoms with Crippen LogP contribution in [-0.4, -0.2) is 5.54 Å². The molecule has 1 saturated carbocycles. The van der Waals surface area contributed by atoms with E-state index in [0.717, 1.165) is 18.8 Å². The molecular formula is C14H23NS. The summed E-state index contributed by atoms with van der Waals surface area (Å²) >= 11 is 1.86. The van der Waals surface area contributed by atoms with Crippen molar-refractivity contribution in [1.29, 1.82) is 0 Å². The van der Waals surface area contributed by atoms with Crippen LogP contribution in [0.4, 0.5) is 0 Å². The zero-order valence-corrected chi connectivity index (χ0v) is 11.2. The Morgan fingerprint density at radius 2 is 2.31 bits per heavy atom. The molecule has 3 unspecified atom stereocenters. The smallest absolute Gasteiger partial charge is 0.0186 e. The van der Waals surface area contributed by atoms with Crippen molar-refractivity contribution >= 4 is 11.3 Å². The molecule has 2 N–H and O–H groups in total. The van der Waals surface area contributed by atoms with Gasteiger partial charge in [-0.05, 0) is 42.5 Å². The van der Waals surface area contributed by atoms with Gasteiger partial charge in [0.15, 0.2) is 0 Å². The standard InChI is InChI=1S/C14H23NS/c1-11-5-3-8-14(15,12(11)2)9-7-13-6-4-10-16-13/h4,6,10-12H,3,5,7-9,15H2,1-2H3. The van der Waals surface area contributed by atoms with E-state index >= 15 is 0 Å². The van der Waals surface area contributed by atoms with Crippen LogP contribution >= 0.6 is 11.3 Å². The Kier molecular flexibility index (Phi) is 3.70. The van der Waals surface area contributed by atoms with Crippen LogP contribution in [0.2, 0.25) is 0 Å². The molecule has 0 aromatic carbocycles. The topological polar surface area (TPSA) is 26.0 Å².